The van der Waals surface area contributed by atoms with Crippen LogP contribution in [0, 0.1) is 11.7 Å². The Morgan fingerprint density at radius 1 is 1.31 bits per heavy atom. The standard InChI is InChI=1S/C22H24F2N6O2/c1-5-11-6-12(21(31)25-2)7-15(24)19(11)30(4)17-9-16-18(26-10-29(16)3)20(27-17)28-22(32)13-8-14(13)23/h6-7,9-10,13-14H,5,8H2,1-4H3,(H,25,31)(H,27,28,32)/t13-,14+/m0/s1. The second-order valence-electron chi connectivity index (χ2n) is 7.86. The van der Waals surface area contributed by atoms with Crippen molar-refractivity contribution in [1.29, 1.82) is 0 Å². The van der Waals surface area contributed by atoms with E-state index < -0.39 is 23.8 Å². The number of carbonyl (C=O) groups is 2. The van der Waals surface area contributed by atoms with Gasteiger partial charge in [-0.25, -0.2) is 18.7 Å². The lowest BCUT2D eigenvalue weighted by Gasteiger charge is -2.23. The zero-order chi connectivity index (χ0) is 23.2. The van der Waals surface area contributed by atoms with Gasteiger partial charge in [-0.15, -0.1) is 0 Å². The third-order valence-corrected chi connectivity index (χ3v) is 5.68. The molecule has 0 spiro atoms. The first-order chi connectivity index (χ1) is 15.2. The van der Waals surface area contributed by atoms with E-state index in [0.29, 0.717) is 28.8 Å². The van der Waals surface area contributed by atoms with Gasteiger partial charge in [0.05, 0.1) is 23.4 Å². The van der Waals surface area contributed by atoms with Crippen LogP contribution in [-0.4, -0.2) is 46.6 Å². The Kier molecular flexibility index (Phi) is 5.53. The van der Waals surface area contributed by atoms with Gasteiger partial charge in [-0.2, -0.15) is 0 Å². The first-order valence-electron chi connectivity index (χ1n) is 10.3. The van der Waals surface area contributed by atoms with Gasteiger partial charge >= 0.3 is 0 Å². The highest BCUT2D eigenvalue weighted by molar-refractivity contribution is 6.01. The van der Waals surface area contributed by atoms with E-state index in [4.69, 9.17) is 0 Å². The van der Waals surface area contributed by atoms with E-state index in [1.807, 2.05) is 6.92 Å². The van der Waals surface area contributed by atoms with Crippen molar-refractivity contribution >= 4 is 40.2 Å². The number of nitrogens with zero attached hydrogens (tertiary/aromatic N) is 4. The summed E-state index contributed by atoms with van der Waals surface area (Å²) in [7, 11) is 4.94. The van der Waals surface area contributed by atoms with Crippen molar-refractivity contribution in [3.8, 4) is 0 Å². The number of aromatic nitrogens is 3. The molecule has 8 nitrogen and oxygen atoms in total. The maximum atomic E-state index is 15.2. The lowest BCUT2D eigenvalue weighted by molar-refractivity contribution is -0.117. The minimum absolute atomic E-state index is 0.189. The molecule has 1 aliphatic rings. The van der Waals surface area contributed by atoms with Crippen molar-refractivity contribution in [2.45, 2.75) is 25.9 Å². The third kappa shape index (κ3) is 3.76. The van der Waals surface area contributed by atoms with Crippen molar-refractivity contribution in [3.63, 3.8) is 0 Å². The molecule has 2 atom stereocenters. The summed E-state index contributed by atoms with van der Waals surface area (Å²) >= 11 is 0. The quantitative estimate of drug-likeness (QED) is 0.612. The normalized spacial score (nSPS) is 17.3. The number of imidazole rings is 1. The Bertz CT molecular complexity index is 1220. The summed E-state index contributed by atoms with van der Waals surface area (Å²) in [6.07, 6.45) is 1.12. The Morgan fingerprint density at radius 3 is 2.66 bits per heavy atom. The number of pyridine rings is 1. The molecule has 1 aromatic carbocycles. The molecular weight excluding hydrogens is 418 g/mol. The molecule has 3 aromatic rings. The van der Waals surface area contributed by atoms with Crippen molar-refractivity contribution < 1.29 is 18.4 Å². The largest absolute Gasteiger partial charge is 0.355 e. The molecule has 2 heterocycles. The molecular formula is C22H24F2N6O2. The summed E-state index contributed by atoms with van der Waals surface area (Å²) in [4.78, 5) is 34.7. The van der Waals surface area contributed by atoms with Gasteiger partial charge in [-0.1, -0.05) is 6.92 Å². The van der Waals surface area contributed by atoms with Gasteiger partial charge in [0.25, 0.3) is 5.91 Å². The summed E-state index contributed by atoms with van der Waals surface area (Å²) in [5.74, 6) is -1.52. The molecule has 0 bridgehead atoms. The lowest BCUT2D eigenvalue weighted by atomic mass is 10.0. The average molecular weight is 442 g/mol. The summed E-state index contributed by atoms with van der Waals surface area (Å²) in [5, 5.41) is 5.17. The van der Waals surface area contributed by atoms with Crippen LogP contribution in [0.1, 0.15) is 29.3 Å². The van der Waals surface area contributed by atoms with Gasteiger partial charge in [-0.05, 0) is 30.5 Å². The Hall–Kier alpha value is -3.56. The molecule has 1 aliphatic carbocycles. The number of hydrogen-bond donors (Lipinski definition) is 2. The minimum Gasteiger partial charge on any atom is -0.355 e. The summed E-state index contributed by atoms with van der Waals surface area (Å²) in [6.45, 7) is 1.87. The SMILES string of the molecule is CCc1cc(C(=O)NC)cc(F)c1N(C)c1cc2c(ncn2C)c(NC(=O)[C@H]2C[C@H]2F)n1. The molecule has 1 fully saturated rings. The van der Waals surface area contributed by atoms with E-state index in [9.17, 15) is 14.0 Å². The summed E-state index contributed by atoms with van der Waals surface area (Å²) < 4.78 is 30.2. The predicted octanol–water partition coefficient (Wildman–Crippen LogP) is 3.09. The van der Waals surface area contributed by atoms with Gasteiger partial charge in [0.15, 0.2) is 5.82 Å². The van der Waals surface area contributed by atoms with Gasteiger partial charge < -0.3 is 20.1 Å². The number of fused-ring (bicyclic) bond motifs is 1. The molecule has 32 heavy (non-hydrogen) atoms. The second-order valence-corrected chi connectivity index (χ2v) is 7.86. The van der Waals surface area contributed by atoms with Crippen LogP contribution in [0.3, 0.4) is 0 Å². The number of benzene rings is 1. The molecule has 10 heteroatoms. The molecule has 0 saturated heterocycles. The number of rotatable bonds is 6. The van der Waals surface area contributed by atoms with Crippen LogP contribution in [0.25, 0.3) is 11.0 Å². The second kappa shape index (κ2) is 8.18. The maximum absolute atomic E-state index is 15.2. The number of alkyl halides is 1. The zero-order valence-corrected chi connectivity index (χ0v) is 18.2. The first kappa shape index (κ1) is 21.7. The number of anilines is 3. The van der Waals surface area contributed by atoms with Crippen LogP contribution in [0.2, 0.25) is 0 Å². The molecule has 1 saturated carbocycles. The third-order valence-electron chi connectivity index (χ3n) is 5.68. The molecule has 2 amide bonds. The Balaban J connectivity index is 1.78. The maximum Gasteiger partial charge on any atom is 0.251 e. The molecule has 0 aliphatic heterocycles. The average Bonchev–Trinajstić information content (AvgIpc) is 3.40. The Morgan fingerprint density at radius 2 is 2.03 bits per heavy atom. The van der Waals surface area contributed by atoms with Crippen LogP contribution in [0.15, 0.2) is 24.5 Å². The summed E-state index contributed by atoms with van der Waals surface area (Å²) in [5.41, 5.74) is 2.26. The van der Waals surface area contributed by atoms with Crippen LogP contribution < -0.4 is 15.5 Å². The predicted molar refractivity (Wildman–Crippen MR) is 117 cm³/mol. The first-order valence-corrected chi connectivity index (χ1v) is 10.3. The van der Waals surface area contributed by atoms with Crippen LogP contribution in [0.4, 0.5) is 26.1 Å². The number of halogens is 2. The van der Waals surface area contributed by atoms with Gasteiger partial charge in [0.2, 0.25) is 5.91 Å². The fourth-order valence-electron chi connectivity index (χ4n) is 3.71. The monoisotopic (exact) mass is 442 g/mol. The Labute approximate surface area is 183 Å². The minimum atomic E-state index is -1.14. The number of aryl methyl sites for hydroxylation is 2. The number of hydrogen-bond acceptors (Lipinski definition) is 5. The smallest absolute Gasteiger partial charge is 0.251 e. The molecule has 4 rings (SSSR count). The van der Waals surface area contributed by atoms with Crippen molar-refractivity contribution in [3.05, 3.63) is 41.5 Å². The highest BCUT2D eigenvalue weighted by atomic mass is 19.1. The van der Waals surface area contributed by atoms with Crippen LogP contribution in [-0.2, 0) is 18.3 Å². The van der Waals surface area contributed by atoms with E-state index in [2.05, 4.69) is 20.6 Å². The van der Waals surface area contributed by atoms with E-state index in [1.54, 1.807) is 42.0 Å². The molecule has 168 valence electrons. The van der Waals surface area contributed by atoms with E-state index in [0.717, 1.165) is 0 Å². The van der Waals surface area contributed by atoms with Crippen molar-refractivity contribution in [1.82, 2.24) is 19.9 Å². The molecule has 2 N–H and O–H groups in total. The highest BCUT2D eigenvalue weighted by Gasteiger charge is 2.44. The molecule has 0 radical (unpaired) electrons. The number of amides is 2. The van der Waals surface area contributed by atoms with Gasteiger partial charge in [0.1, 0.15) is 23.3 Å². The van der Waals surface area contributed by atoms with Crippen molar-refractivity contribution in [2.24, 2.45) is 13.0 Å². The van der Waals surface area contributed by atoms with E-state index in [-0.39, 0.29) is 29.4 Å². The molecule has 2 aromatic heterocycles. The van der Waals surface area contributed by atoms with Gasteiger partial charge in [-0.3, -0.25) is 9.59 Å². The zero-order valence-electron chi connectivity index (χ0n) is 18.2. The molecule has 0 unspecified atom stereocenters. The number of nitrogens with one attached hydrogen (secondary N) is 2. The number of carbonyl (C=O) groups excluding carboxylic acids is 2. The fraction of sp³-hybridized carbons (Fsp3) is 0.364. The van der Waals surface area contributed by atoms with Crippen LogP contribution >= 0.6 is 0 Å². The highest BCUT2D eigenvalue weighted by Crippen LogP contribution is 2.36. The lowest BCUT2D eigenvalue weighted by Crippen LogP contribution is -2.21. The van der Waals surface area contributed by atoms with Crippen LogP contribution in [0.5, 0.6) is 0 Å². The topological polar surface area (TPSA) is 92.2 Å². The van der Waals surface area contributed by atoms with Gasteiger partial charge in [0, 0.05) is 32.8 Å². The summed E-state index contributed by atoms with van der Waals surface area (Å²) in [6, 6.07) is 4.57. The fourth-order valence-corrected chi connectivity index (χ4v) is 3.71. The van der Waals surface area contributed by atoms with E-state index in [1.165, 1.54) is 13.1 Å². The van der Waals surface area contributed by atoms with E-state index >= 15 is 4.39 Å². The van der Waals surface area contributed by atoms with Crippen molar-refractivity contribution in [2.75, 3.05) is 24.3 Å².